The third kappa shape index (κ3) is 0.993. The van der Waals surface area contributed by atoms with Gasteiger partial charge in [-0.25, -0.2) is 0 Å². The van der Waals surface area contributed by atoms with Gasteiger partial charge in [-0.1, -0.05) is 0 Å². The quantitative estimate of drug-likeness (QED) is 0.489. The number of benzene rings is 1. The average molecular weight is 271 g/mol. The molecule has 16 heavy (non-hydrogen) atoms. The molecule has 0 saturated heterocycles. The van der Waals surface area contributed by atoms with Crippen molar-refractivity contribution in [2.24, 2.45) is 0 Å². The summed E-state index contributed by atoms with van der Waals surface area (Å²) in [4.78, 5) is 9.99. The molecule has 0 fully saturated rings. The molecule has 3 heterocycles. The second kappa shape index (κ2) is 2.97. The maximum atomic E-state index is 4.20. The molecule has 0 amide bonds. The molecule has 0 aliphatic rings. The van der Waals surface area contributed by atoms with E-state index in [9.17, 15) is 0 Å². The summed E-state index contributed by atoms with van der Waals surface area (Å²) in [6, 6.07) is 8.67. The fourth-order valence-corrected chi connectivity index (χ4v) is 4.13. The van der Waals surface area contributed by atoms with Crippen LogP contribution in [0.15, 0.2) is 41.6 Å². The van der Waals surface area contributed by atoms with Crippen molar-refractivity contribution in [3.05, 3.63) is 41.6 Å². The number of nitrogens with one attached hydrogen (secondary N) is 1. The Labute approximate surface area is 97.7 Å². The third-order valence-electron chi connectivity index (χ3n) is 2.99. The minimum atomic E-state index is 0.475. The molecule has 0 atom stereocenters. The van der Waals surface area contributed by atoms with Gasteiger partial charge in [0.15, 0.2) is 0 Å². The van der Waals surface area contributed by atoms with Crippen LogP contribution in [-0.4, -0.2) is 24.5 Å². The molecule has 1 aromatic carbocycles. The van der Waals surface area contributed by atoms with Gasteiger partial charge in [0, 0.05) is 0 Å². The van der Waals surface area contributed by atoms with Gasteiger partial charge in [-0.15, -0.1) is 0 Å². The number of hydrogen-bond donors (Lipinski definition) is 1. The first-order valence-corrected chi connectivity index (χ1v) is 7.00. The van der Waals surface area contributed by atoms with Gasteiger partial charge in [0.05, 0.1) is 0 Å². The van der Waals surface area contributed by atoms with E-state index in [1.165, 1.54) is 31.5 Å². The molecule has 0 aliphatic heterocycles. The van der Waals surface area contributed by atoms with E-state index >= 15 is 0 Å². The van der Waals surface area contributed by atoms with Gasteiger partial charge < -0.3 is 0 Å². The number of nitrogens with zero attached hydrogens (tertiary/aromatic N) is 1. The number of aromatic nitrogens is 2. The van der Waals surface area contributed by atoms with Crippen LogP contribution in [0.25, 0.3) is 31.5 Å². The second-order valence-electron chi connectivity index (χ2n) is 3.87. The molecule has 4 rings (SSSR count). The van der Waals surface area contributed by atoms with Gasteiger partial charge in [-0.05, 0) is 0 Å². The number of fused-ring (bicyclic) bond motifs is 5. The van der Waals surface area contributed by atoms with E-state index in [0.717, 1.165) is 0 Å². The van der Waals surface area contributed by atoms with E-state index in [-0.39, 0.29) is 0 Å². The van der Waals surface area contributed by atoms with Gasteiger partial charge >= 0.3 is 97.5 Å². The third-order valence-corrected chi connectivity index (χ3v) is 4.98. The Bertz CT molecular complexity index is 810. The molecule has 3 aromatic heterocycles. The standard InChI is InChI=1S/C13H8N2Se/c1-2-9-10-7-14-5-3-11(10)15-12(9)13-8(1)4-6-16-13/h1-7,15H. The Morgan fingerprint density at radius 1 is 1.06 bits per heavy atom. The van der Waals surface area contributed by atoms with Crippen molar-refractivity contribution in [2.75, 3.05) is 0 Å². The topological polar surface area (TPSA) is 28.7 Å². The van der Waals surface area contributed by atoms with Crippen LogP contribution in [0, 0.1) is 0 Å². The fraction of sp³-hybridized carbons (Fsp3) is 0. The fourth-order valence-electron chi connectivity index (χ4n) is 2.23. The average Bonchev–Trinajstić information content (AvgIpc) is 2.92. The van der Waals surface area contributed by atoms with Crippen molar-refractivity contribution in [1.82, 2.24) is 9.97 Å². The molecule has 0 radical (unpaired) electrons. The first-order chi connectivity index (χ1) is 7.93. The zero-order valence-electron chi connectivity index (χ0n) is 8.40. The molecule has 0 unspecified atom stereocenters. The molecule has 2 nitrogen and oxygen atoms in total. The summed E-state index contributed by atoms with van der Waals surface area (Å²) in [5.74, 6) is 0. The zero-order valence-corrected chi connectivity index (χ0v) is 10.1. The van der Waals surface area contributed by atoms with Crippen LogP contribution in [-0.2, 0) is 0 Å². The van der Waals surface area contributed by atoms with Crippen molar-refractivity contribution in [3.8, 4) is 0 Å². The Kier molecular flexibility index (Phi) is 1.59. The summed E-state index contributed by atoms with van der Waals surface area (Å²) in [5.41, 5.74) is 2.48. The van der Waals surface area contributed by atoms with Crippen LogP contribution in [0.4, 0.5) is 0 Å². The van der Waals surface area contributed by atoms with Gasteiger partial charge in [0.2, 0.25) is 0 Å². The van der Waals surface area contributed by atoms with E-state index < -0.39 is 0 Å². The molecule has 1 N–H and O–H groups in total. The summed E-state index contributed by atoms with van der Waals surface area (Å²) >= 11 is 0.475. The zero-order chi connectivity index (χ0) is 10.5. The van der Waals surface area contributed by atoms with E-state index in [1.807, 2.05) is 18.5 Å². The summed E-state index contributed by atoms with van der Waals surface area (Å²) in [5, 5.41) is 3.89. The van der Waals surface area contributed by atoms with Crippen molar-refractivity contribution >= 4 is 46.0 Å². The Balaban J connectivity index is 2.38. The first kappa shape index (κ1) is 8.57. The van der Waals surface area contributed by atoms with Crippen LogP contribution in [0.1, 0.15) is 0 Å². The Morgan fingerprint density at radius 2 is 2.06 bits per heavy atom. The van der Waals surface area contributed by atoms with Crippen LogP contribution in [0.3, 0.4) is 0 Å². The SMILES string of the molecule is c1cc2[nH]c3c(ccc4cc[se]c43)c2cn1. The number of hydrogen-bond acceptors (Lipinski definition) is 1. The second-order valence-corrected chi connectivity index (χ2v) is 5.80. The predicted molar refractivity (Wildman–Crippen MR) is 68.0 cm³/mol. The summed E-state index contributed by atoms with van der Waals surface area (Å²) in [6.07, 6.45) is 3.78. The number of pyridine rings is 1. The maximum absolute atomic E-state index is 4.20. The molecule has 0 spiro atoms. The molecule has 76 valence electrons. The van der Waals surface area contributed by atoms with E-state index in [1.54, 1.807) is 0 Å². The molecule has 0 saturated carbocycles. The van der Waals surface area contributed by atoms with Crippen molar-refractivity contribution in [1.29, 1.82) is 0 Å². The van der Waals surface area contributed by atoms with Crippen molar-refractivity contribution in [2.45, 2.75) is 0 Å². The van der Waals surface area contributed by atoms with Crippen molar-refractivity contribution in [3.63, 3.8) is 0 Å². The van der Waals surface area contributed by atoms with Crippen LogP contribution in [0.2, 0.25) is 0 Å². The molecule has 3 heteroatoms. The summed E-state index contributed by atoms with van der Waals surface area (Å²) in [6.45, 7) is 0. The normalized spacial score (nSPS) is 11.8. The van der Waals surface area contributed by atoms with Gasteiger partial charge in [-0.3, -0.25) is 0 Å². The van der Waals surface area contributed by atoms with Gasteiger partial charge in [0.25, 0.3) is 0 Å². The molecule has 4 aromatic rings. The molecule has 0 bridgehead atoms. The number of H-pyrrole nitrogens is 1. The summed E-state index contributed by atoms with van der Waals surface area (Å²) in [7, 11) is 0. The van der Waals surface area contributed by atoms with Crippen molar-refractivity contribution < 1.29 is 0 Å². The van der Waals surface area contributed by atoms with Crippen LogP contribution in [0.5, 0.6) is 0 Å². The molecular formula is C13H8N2Se. The van der Waals surface area contributed by atoms with E-state index in [2.05, 4.69) is 33.1 Å². The van der Waals surface area contributed by atoms with E-state index in [4.69, 9.17) is 0 Å². The number of aromatic amines is 1. The monoisotopic (exact) mass is 272 g/mol. The molecular weight excluding hydrogens is 263 g/mol. The van der Waals surface area contributed by atoms with Crippen LogP contribution >= 0.6 is 0 Å². The van der Waals surface area contributed by atoms with Gasteiger partial charge in [0.1, 0.15) is 0 Å². The number of rotatable bonds is 0. The Hall–Kier alpha value is -1.57. The minimum absolute atomic E-state index is 0.475. The predicted octanol–water partition coefficient (Wildman–Crippen LogP) is 2.93. The first-order valence-electron chi connectivity index (χ1n) is 5.15. The van der Waals surface area contributed by atoms with Gasteiger partial charge in [-0.2, -0.15) is 0 Å². The van der Waals surface area contributed by atoms with Crippen LogP contribution < -0.4 is 0 Å². The van der Waals surface area contributed by atoms with E-state index in [0.29, 0.717) is 14.5 Å². The summed E-state index contributed by atoms with van der Waals surface area (Å²) < 4.78 is 1.47. The molecule has 0 aliphatic carbocycles. The Morgan fingerprint density at radius 3 is 3.06 bits per heavy atom.